The highest BCUT2D eigenvalue weighted by Crippen LogP contribution is 2.47. The van der Waals surface area contributed by atoms with Gasteiger partial charge in [0.25, 0.3) is 0 Å². The molecule has 1 aliphatic heterocycles. The van der Waals surface area contributed by atoms with Crippen LogP contribution < -0.4 is 9.64 Å². The number of anilines is 2. The molecule has 0 fully saturated rings. The Kier molecular flexibility index (Phi) is 8.88. The molecule has 8 heteroatoms. The fourth-order valence-corrected chi connectivity index (χ4v) is 6.12. The highest BCUT2D eigenvalue weighted by atomic mass is 32.2. The quantitative estimate of drug-likeness (QED) is 0.259. The zero-order valence-corrected chi connectivity index (χ0v) is 23.3. The average Bonchev–Trinajstić information content (AvgIpc) is 3.26. The van der Waals surface area contributed by atoms with Gasteiger partial charge in [0.15, 0.2) is 0 Å². The van der Waals surface area contributed by atoms with E-state index >= 15 is 0 Å². The van der Waals surface area contributed by atoms with Crippen molar-refractivity contribution in [1.29, 1.82) is 0 Å². The van der Waals surface area contributed by atoms with Crippen molar-refractivity contribution in [1.82, 2.24) is 14.7 Å². The first-order valence-electron chi connectivity index (χ1n) is 13.4. The summed E-state index contributed by atoms with van der Waals surface area (Å²) >= 11 is 1.76. The molecule has 3 aromatic carbocycles. The lowest BCUT2D eigenvalue weighted by molar-refractivity contribution is 0.100. The normalized spacial score (nSPS) is 13.3. The molecule has 1 unspecified atom stereocenters. The molecule has 39 heavy (non-hydrogen) atoms. The van der Waals surface area contributed by atoms with E-state index in [1.54, 1.807) is 11.8 Å². The van der Waals surface area contributed by atoms with Gasteiger partial charge in [0, 0.05) is 35.1 Å². The number of ether oxygens (including phenoxy) is 1. The number of hydrogen-bond acceptors (Lipinski definition) is 7. The maximum absolute atomic E-state index is 11.2. The van der Waals surface area contributed by atoms with Gasteiger partial charge in [0.2, 0.25) is 0 Å². The van der Waals surface area contributed by atoms with Crippen LogP contribution in [0.2, 0.25) is 0 Å². The monoisotopic (exact) mass is 544 g/mol. The molecule has 204 valence electrons. The number of fused-ring (bicyclic) bond motifs is 2. The molecule has 7 nitrogen and oxygen atoms in total. The molecule has 1 aliphatic rings. The van der Waals surface area contributed by atoms with Crippen LogP contribution >= 0.6 is 11.8 Å². The number of hydrogen-bond donors (Lipinski definition) is 2. The second-order valence-electron chi connectivity index (χ2n) is 9.90. The number of nitrogens with zero attached hydrogens (tertiary/aromatic N) is 4. The zero-order chi connectivity index (χ0) is 27.2. The smallest absolute Gasteiger partial charge is 0.119 e. The second kappa shape index (κ2) is 12.7. The lowest BCUT2D eigenvalue weighted by Crippen LogP contribution is -2.40. The fraction of sp³-hybridized carbons (Fsp3) is 0.323. The van der Waals surface area contributed by atoms with Crippen molar-refractivity contribution in [2.75, 3.05) is 37.7 Å². The van der Waals surface area contributed by atoms with E-state index in [0.29, 0.717) is 39.3 Å². The number of β-amino-alcohol motifs (C(OH)–C–C–N with tert-alkyl or cyclic N) is 1. The molecule has 0 bridgehead atoms. The number of para-hydroxylation sites is 2. The Hall–Kier alpha value is -3.30. The third-order valence-corrected chi connectivity index (χ3v) is 7.95. The topological polar surface area (TPSA) is 74.0 Å². The molecule has 2 N–H and O–H groups in total. The van der Waals surface area contributed by atoms with E-state index in [4.69, 9.17) is 4.74 Å². The van der Waals surface area contributed by atoms with Crippen molar-refractivity contribution in [2.24, 2.45) is 0 Å². The highest BCUT2D eigenvalue weighted by Gasteiger charge is 2.25. The molecule has 5 rings (SSSR count). The van der Waals surface area contributed by atoms with E-state index in [-0.39, 0.29) is 6.61 Å². The molecule has 0 saturated carbocycles. The Morgan fingerprint density at radius 1 is 0.949 bits per heavy atom. The number of benzene rings is 3. The van der Waals surface area contributed by atoms with E-state index in [2.05, 4.69) is 57.4 Å². The summed E-state index contributed by atoms with van der Waals surface area (Å²) in [7, 11) is 0. The van der Waals surface area contributed by atoms with Gasteiger partial charge in [-0.1, -0.05) is 48.2 Å². The van der Waals surface area contributed by atoms with Gasteiger partial charge in [0.05, 0.1) is 42.9 Å². The van der Waals surface area contributed by atoms with Crippen LogP contribution in [0.5, 0.6) is 5.75 Å². The number of aryl methyl sites for hydroxylation is 2. The molecule has 0 aliphatic carbocycles. The van der Waals surface area contributed by atoms with Crippen LogP contribution in [-0.2, 0) is 13.1 Å². The van der Waals surface area contributed by atoms with E-state index in [1.807, 2.05) is 54.9 Å². The summed E-state index contributed by atoms with van der Waals surface area (Å²) < 4.78 is 7.89. The molecular weight excluding hydrogens is 508 g/mol. The first-order valence-corrected chi connectivity index (χ1v) is 14.2. The van der Waals surface area contributed by atoms with Gasteiger partial charge in [0.1, 0.15) is 12.4 Å². The van der Waals surface area contributed by atoms with E-state index in [1.165, 1.54) is 9.79 Å². The van der Waals surface area contributed by atoms with Crippen LogP contribution in [0.15, 0.2) is 88.7 Å². The molecule has 1 atom stereocenters. The standard InChI is InChI=1S/C31H36N4O3S/c1-23-19-24(2)35(32-23)16-18-38-27-13-11-25(12-14-27)20-33(15-17-36)21-26(37)22-34-28-7-3-5-9-30(28)39-31-10-6-4-8-29(31)34/h3-14,19,26,36-37H,15-18,20-22H2,1-2H3. The van der Waals surface area contributed by atoms with Crippen LogP contribution in [-0.4, -0.2) is 63.8 Å². The first-order chi connectivity index (χ1) is 19.0. The molecule has 0 radical (unpaired) electrons. The van der Waals surface area contributed by atoms with Gasteiger partial charge in [-0.3, -0.25) is 9.58 Å². The molecular formula is C31H36N4O3S. The SMILES string of the molecule is Cc1cc(C)n(CCOc2ccc(CN(CCO)CC(O)CN3c4ccccc4Sc4ccccc43)cc2)n1. The van der Waals surface area contributed by atoms with Crippen molar-refractivity contribution >= 4 is 23.1 Å². The second-order valence-corrected chi connectivity index (χ2v) is 11.0. The predicted molar refractivity (Wildman–Crippen MR) is 156 cm³/mol. The summed E-state index contributed by atoms with van der Waals surface area (Å²) in [6.45, 7) is 7.37. The first kappa shape index (κ1) is 27.3. The Balaban J connectivity index is 1.18. The van der Waals surface area contributed by atoms with Crippen LogP contribution in [0.25, 0.3) is 0 Å². The van der Waals surface area contributed by atoms with Gasteiger partial charge in [-0.2, -0.15) is 5.10 Å². The van der Waals surface area contributed by atoms with E-state index in [9.17, 15) is 10.2 Å². The number of aliphatic hydroxyl groups is 2. The number of aromatic nitrogens is 2. The highest BCUT2D eigenvalue weighted by molar-refractivity contribution is 7.99. The van der Waals surface area contributed by atoms with Crippen LogP contribution in [0.4, 0.5) is 11.4 Å². The summed E-state index contributed by atoms with van der Waals surface area (Å²) in [5.74, 6) is 0.814. The summed E-state index contributed by atoms with van der Waals surface area (Å²) in [4.78, 5) is 6.68. The van der Waals surface area contributed by atoms with Gasteiger partial charge in [-0.15, -0.1) is 0 Å². The lowest BCUT2D eigenvalue weighted by atomic mass is 10.1. The van der Waals surface area contributed by atoms with E-state index in [0.717, 1.165) is 34.1 Å². The molecule has 4 aromatic rings. The Bertz CT molecular complexity index is 1330. The van der Waals surface area contributed by atoms with E-state index < -0.39 is 6.10 Å². The molecule has 1 aromatic heterocycles. The van der Waals surface area contributed by atoms with Gasteiger partial charge in [-0.25, -0.2) is 0 Å². The Morgan fingerprint density at radius 2 is 1.62 bits per heavy atom. The predicted octanol–water partition coefficient (Wildman–Crippen LogP) is 5.04. The van der Waals surface area contributed by atoms with Crippen molar-refractivity contribution in [3.8, 4) is 5.75 Å². The largest absolute Gasteiger partial charge is 0.492 e. The van der Waals surface area contributed by atoms with Gasteiger partial charge in [-0.05, 0) is 61.9 Å². The minimum absolute atomic E-state index is 0.0340. The molecule has 0 spiro atoms. The fourth-order valence-electron chi connectivity index (χ4n) is 5.02. The summed E-state index contributed by atoms with van der Waals surface area (Å²) in [6, 6.07) is 26.8. The van der Waals surface area contributed by atoms with Crippen molar-refractivity contribution < 1.29 is 14.9 Å². The van der Waals surface area contributed by atoms with Gasteiger partial charge >= 0.3 is 0 Å². The third kappa shape index (κ3) is 6.83. The minimum atomic E-state index is -0.599. The summed E-state index contributed by atoms with van der Waals surface area (Å²) in [5.41, 5.74) is 5.47. The molecule has 2 heterocycles. The maximum Gasteiger partial charge on any atom is 0.119 e. The zero-order valence-electron chi connectivity index (χ0n) is 22.5. The van der Waals surface area contributed by atoms with Crippen LogP contribution in [0.1, 0.15) is 17.0 Å². The molecule has 0 saturated heterocycles. The molecule has 0 amide bonds. The van der Waals surface area contributed by atoms with Gasteiger partial charge < -0.3 is 19.8 Å². The summed E-state index contributed by atoms with van der Waals surface area (Å²) in [5, 5.41) is 25.4. The van der Waals surface area contributed by atoms with Crippen molar-refractivity contribution in [3.05, 3.63) is 95.8 Å². The van der Waals surface area contributed by atoms with Crippen LogP contribution in [0, 0.1) is 13.8 Å². The van der Waals surface area contributed by atoms with Crippen LogP contribution in [0.3, 0.4) is 0 Å². The summed E-state index contributed by atoms with van der Waals surface area (Å²) in [6.07, 6.45) is -0.599. The Labute approximate surface area is 234 Å². The number of rotatable bonds is 12. The minimum Gasteiger partial charge on any atom is -0.492 e. The van der Waals surface area contributed by atoms with Crippen molar-refractivity contribution in [2.45, 2.75) is 42.8 Å². The lowest BCUT2D eigenvalue weighted by Gasteiger charge is -2.35. The van der Waals surface area contributed by atoms with Crippen molar-refractivity contribution in [3.63, 3.8) is 0 Å². The third-order valence-electron chi connectivity index (χ3n) is 6.82. The Morgan fingerprint density at radius 3 is 2.23 bits per heavy atom. The number of aliphatic hydroxyl groups excluding tert-OH is 2. The average molecular weight is 545 g/mol. The maximum atomic E-state index is 11.2.